The van der Waals surface area contributed by atoms with E-state index in [9.17, 15) is 0 Å². The molecule has 109 valence electrons. The van der Waals surface area contributed by atoms with Crippen molar-refractivity contribution in [2.75, 3.05) is 0 Å². The van der Waals surface area contributed by atoms with Crippen molar-refractivity contribution in [2.24, 2.45) is 0 Å². The van der Waals surface area contributed by atoms with Crippen LogP contribution < -0.4 is 9.31 Å². The van der Waals surface area contributed by atoms with Gasteiger partial charge in [-0.2, -0.15) is 0 Å². The van der Waals surface area contributed by atoms with Crippen LogP contribution in [-0.2, 0) is 0 Å². The Morgan fingerprint density at radius 1 is 0.619 bits per heavy atom. The molecule has 0 aliphatic rings. The highest BCUT2D eigenvalue weighted by Gasteiger charge is 2.04. The number of hydrogen-bond donors (Lipinski definition) is 0. The molecule has 0 aliphatic heterocycles. The molecule has 2 aromatic rings. The van der Waals surface area contributed by atoms with Gasteiger partial charge in [-0.15, -0.1) is 0 Å². The summed E-state index contributed by atoms with van der Waals surface area (Å²) >= 11 is 0. The second-order valence-corrected chi connectivity index (χ2v) is 5.78. The first-order valence-electron chi connectivity index (χ1n) is 7.41. The highest BCUT2D eigenvalue weighted by molar-refractivity contribution is 6.20. The highest BCUT2D eigenvalue weighted by atomic mass is 16.6. The van der Waals surface area contributed by atoms with Crippen LogP contribution in [0.25, 0.3) is 0 Å². The van der Waals surface area contributed by atoms with Gasteiger partial charge < -0.3 is 9.31 Å². The molecule has 2 rings (SSSR count). The van der Waals surface area contributed by atoms with E-state index in [4.69, 9.17) is 9.31 Å². The monoisotopic (exact) mass is 281 g/mol. The van der Waals surface area contributed by atoms with Gasteiger partial charge in [0.15, 0.2) is 0 Å². The van der Waals surface area contributed by atoms with E-state index in [2.05, 4.69) is 52.0 Å². The standard InChI is InChI=1S/C18H22BO2/c1-13(2)15-5-9-17(10-6-15)20-19-21-18-11-7-16(8-12-18)14(3)4/h5-14H,1-4H3. The lowest BCUT2D eigenvalue weighted by molar-refractivity contribution is 0.458. The molecule has 2 nitrogen and oxygen atoms in total. The maximum atomic E-state index is 5.48. The van der Waals surface area contributed by atoms with Crippen molar-refractivity contribution in [1.82, 2.24) is 0 Å². The maximum Gasteiger partial charge on any atom is 0.658 e. The fourth-order valence-electron chi connectivity index (χ4n) is 2.00. The average molecular weight is 281 g/mol. The SMILES string of the molecule is CC(C)c1ccc(O[B]Oc2ccc(C(C)C)cc2)cc1. The van der Waals surface area contributed by atoms with Crippen LogP contribution >= 0.6 is 0 Å². The van der Waals surface area contributed by atoms with Crippen LogP contribution in [0.3, 0.4) is 0 Å². The summed E-state index contributed by atoms with van der Waals surface area (Å²) < 4.78 is 11.0. The van der Waals surface area contributed by atoms with Gasteiger partial charge in [-0.1, -0.05) is 52.0 Å². The third-order valence-corrected chi connectivity index (χ3v) is 3.46. The van der Waals surface area contributed by atoms with Crippen molar-refractivity contribution >= 4 is 7.69 Å². The van der Waals surface area contributed by atoms with Crippen molar-refractivity contribution < 1.29 is 9.31 Å². The summed E-state index contributed by atoms with van der Waals surface area (Å²) in [7, 11) is 1.37. The van der Waals surface area contributed by atoms with Crippen molar-refractivity contribution in [3.05, 3.63) is 59.7 Å². The minimum atomic E-state index is 0.527. The van der Waals surface area contributed by atoms with Crippen molar-refractivity contribution in [1.29, 1.82) is 0 Å². The van der Waals surface area contributed by atoms with E-state index in [1.165, 1.54) is 18.8 Å². The minimum Gasteiger partial charge on any atom is -0.526 e. The first-order valence-corrected chi connectivity index (χ1v) is 7.41. The Morgan fingerprint density at radius 2 is 0.952 bits per heavy atom. The molecule has 1 radical (unpaired) electrons. The third-order valence-electron chi connectivity index (χ3n) is 3.46. The van der Waals surface area contributed by atoms with Crippen molar-refractivity contribution in [2.45, 2.75) is 39.5 Å². The molecule has 0 spiro atoms. The predicted octanol–water partition coefficient (Wildman–Crippen LogP) is 4.93. The van der Waals surface area contributed by atoms with Crippen LogP contribution in [0.1, 0.15) is 50.7 Å². The molecule has 0 fully saturated rings. The smallest absolute Gasteiger partial charge is 0.526 e. The zero-order valence-corrected chi connectivity index (χ0v) is 13.2. The second-order valence-electron chi connectivity index (χ2n) is 5.78. The minimum absolute atomic E-state index is 0.527. The molecule has 0 atom stereocenters. The molecule has 2 aromatic carbocycles. The van der Waals surface area contributed by atoms with Gasteiger partial charge in [-0.25, -0.2) is 0 Å². The zero-order valence-electron chi connectivity index (χ0n) is 13.2. The molecular weight excluding hydrogens is 259 g/mol. The van der Waals surface area contributed by atoms with E-state index in [-0.39, 0.29) is 0 Å². The fraction of sp³-hybridized carbons (Fsp3) is 0.333. The molecule has 0 bridgehead atoms. The lowest BCUT2D eigenvalue weighted by Crippen LogP contribution is -2.10. The normalized spacial score (nSPS) is 10.8. The summed E-state index contributed by atoms with van der Waals surface area (Å²) in [6.07, 6.45) is 0. The van der Waals surface area contributed by atoms with Crippen LogP contribution in [0.5, 0.6) is 11.5 Å². The molecule has 0 aliphatic carbocycles. The summed E-state index contributed by atoms with van der Waals surface area (Å²) in [5.41, 5.74) is 2.60. The summed E-state index contributed by atoms with van der Waals surface area (Å²) in [6, 6.07) is 16.1. The van der Waals surface area contributed by atoms with E-state index in [0.717, 1.165) is 11.5 Å². The van der Waals surface area contributed by atoms with Gasteiger partial charge in [-0.05, 0) is 47.2 Å². The van der Waals surface area contributed by atoms with Crippen molar-refractivity contribution in [3.63, 3.8) is 0 Å². The summed E-state index contributed by atoms with van der Waals surface area (Å²) in [4.78, 5) is 0. The molecular formula is C18H22BO2. The Hall–Kier alpha value is -1.90. The van der Waals surface area contributed by atoms with Gasteiger partial charge >= 0.3 is 7.69 Å². The first kappa shape index (κ1) is 15.5. The Morgan fingerprint density at radius 3 is 1.24 bits per heavy atom. The van der Waals surface area contributed by atoms with E-state index in [1.807, 2.05) is 24.3 Å². The largest absolute Gasteiger partial charge is 0.658 e. The van der Waals surface area contributed by atoms with E-state index in [0.29, 0.717) is 11.8 Å². The van der Waals surface area contributed by atoms with Crippen LogP contribution in [0.15, 0.2) is 48.5 Å². The zero-order chi connectivity index (χ0) is 15.2. The highest BCUT2D eigenvalue weighted by Crippen LogP contribution is 2.20. The van der Waals surface area contributed by atoms with Gasteiger partial charge in [0.25, 0.3) is 0 Å². The summed E-state index contributed by atoms with van der Waals surface area (Å²) in [5, 5.41) is 0. The van der Waals surface area contributed by atoms with Gasteiger partial charge in [0.2, 0.25) is 0 Å². The molecule has 0 heterocycles. The van der Waals surface area contributed by atoms with Gasteiger partial charge in [0, 0.05) is 0 Å². The average Bonchev–Trinajstić information content (AvgIpc) is 2.48. The quantitative estimate of drug-likeness (QED) is 0.699. The summed E-state index contributed by atoms with van der Waals surface area (Å²) in [5.74, 6) is 2.61. The van der Waals surface area contributed by atoms with Gasteiger partial charge in [0.05, 0.1) is 0 Å². The number of rotatable bonds is 6. The third kappa shape index (κ3) is 4.56. The molecule has 21 heavy (non-hydrogen) atoms. The Kier molecular flexibility index (Phi) is 5.32. The van der Waals surface area contributed by atoms with Gasteiger partial charge in [-0.3, -0.25) is 0 Å². The van der Waals surface area contributed by atoms with E-state index < -0.39 is 0 Å². The lowest BCUT2D eigenvalue weighted by atomic mass is 10.0. The van der Waals surface area contributed by atoms with Crippen LogP contribution in [0, 0.1) is 0 Å². The fourth-order valence-corrected chi connectivity index (χ4v) is 2.00. The number of hydrogen-bond acceptors (Lipinski definition) is 2. The van der Waals surface area contributed by atoms with E-state index >= 15 is 0 Å². The molecule has 0 saturated heterocycles. The maximum absolute atomic E-state index is 5.48. The molecule has 0 saturated carbocycles. The lowest BCUT2D eigenvalue weighted by Gasteiger charge is -2.10. The van der Waals surface area contributed by atoms with Crippen molar-refractivity contribution in [3.8, 4) is 11.5 Å². The Balaban J connectivity index is 1.83. The van der Waals surface area contributed by atoms with Gasteiger partial charge in [0.1, 0.15) is 11.5 Å². The molecule has 0 unspecified atom stereocenters. The Bertz CT molecular complexity index is 493. The first-order chi connectivity index (χ1) is 10.1. The molecule has 3 heteroatoms. The van der Waals surface area contributed by atoms with Crippen LogP contribution in [-0.4, -0.2) is 7.69 Å². The van der Waals surface area contributed by atoms with Crippen LogP contribution in [0.2, 0.25) is 0 Å². The predicted molar refractivity (Wildman–Crippen MR) is 88.1 cm³/mol. The number of benzene rings is 2. The van der Waals surface area contributed by atoms with Crippen LogP contribution in [0.4, 0.5) is 0 Å². The molecule has 0 aromatic heterocycles. The summed E-state index contributed by atoms with van der Waals surface area (Å²) in [6.45, 7) is 8.69. The topological polar surface area (TPSA) is 18.5 Å². The molecule has 0 N–H and O–H groups in total. The second kappa shape index (κ2) is 7.21. The molecule has 0 amide bonds. The van der Waals surface area contributed by atoms with E-state index in [1.54, 1.807) is 0 Å². The Labute approximate surface area is 128 Å².